The molecule has 2 unspecified atom stereocenters. The maximum Gasteiger partial charge on any atom is 0.0724 e. The number of nitrogens with zero attached hydrogens (tertiary/aromatic N) is 2. The fraction of sp³-hybridized carbons (Fsp3) is 0.750. The Hall–Kier alpha value is -1.08. The summed E-state index contributed by atoms with van der Waals surface area (Å²) in [6, 6.07) is 0.893. The van der Waals surface area contributed by atoms with E-state index in [1.54, 1.807) is 0 Å². The van der Waals surface area contributed by atoms with E-state index in [2.05, 4.69) is 27.5 Å². The molecule has 1 aromatic heterocycles. The van der Waals surface area contributed by atoms with Crippen LogP contribution in [0.3, 0.4) is 0 Å². The van der Waals surface area contributed by atoms with Gasteiger partial charge in [0.05, 0.1) is 24.6 Å². The van der Waals surface area contributed by atoms with Crippen molar-refractivity contribution in [1.82, 2.24) is 20.6 Å². The second kappa shape index (κ2) is 6.58. The minimum atomic E-state index is 0.211. The largest absolute Gasteiger partial charge is 0.380 e. The molecule has 3 rings (SSSR count). The van der Waals surface area contributed by atoms with E-state index < -0.39 is 0 Å². The van der Waals surface area contributed by atoms with E-state index in [-0.39, 0.29) is 5.41 Å². The Morgan fingerprint density at radius 3 is 2.73 bits per heavy atom. The Bertz CT molecular complexity index is 486. The third kappa shape index (κ3) is 3.81. The molecule has 0 bridgehead atoms. The maximum absolute atomic E-state index is 5.94. The standard InChI is InChI=1S/C16H27N5O/c1-11-4-20-13(6-19-11)5-18-7-16(9-22-10-16)8-21-15-3-14(15)12(2)17/h4,6,12,14-15,18,21H,3,5,7-10,17H2,1-2H3/t12-,14?,15?/m1/s1. The summed E-state index contributed by atoms with van der Waals surface area (Å²) in [5.74, 6) is 0.647. The van der Waals surface area contributed by atoms with Crippen molar-refractivity contribution in [2.24, 2.45) is 17.1 Å². The molecule has 122 valence electrons. The Balaban J connectivity index is 1.40. The van der Waals surface area contributed by atoms with Crippen LogP contribution in [-0.4, -0.2) is 48.4 Å². The molecule has 0 aromatic carbocycles. The van der Waals surface area contributed by atoms with Crippen molar-refractivity contribution in [1.29, 1.82) is 0 Å². The zero-order chi connectivity index (χ0) is 15.6. The van der Waals surface area contributed by atoms with Crippen molar-refractivity contribution in [3.05, 3.63) is 23.8 Å². The molecule has 3 atom stereocenters. The number of hydrogen-bond donors (Lipinski definition) is 3. The van der Waals surface area contributed by atoms with Crippen LogP contribution in [0.5, 0.6) is 0 Å². The van der Waals surface area contributed by atoms with Gasteiger partial charge in [0.25, 0.3) is 0 Å². The summed E-state index contributed by atoms with van der Waals surface area (Å²) in [6.45, 7) is 8.37. The number of aromatic nitrogens is 2. The van der Waals surface area contributed by atoms with E-state index in [1.807, 2.05) is 19.3 Å². The van der Waals surface area contributed by atoms with Crippen LogP contribution in [0.4, 0.5) is 0 Å². The lowest BCUT2D eigenvalue weighted by Crippen LogP contribution is -2.55. The van der Waals surface area contributed by atoms with Crippen LogP contribution >= 0.6 is 0 Å². The van der Waals surface area contributed by atoms with Gasteiger partial charge in [0.2, 0.25) is 0 Å². The summed E-state index contributed by atoms with van der Waals surface area (Å²) in [4.78, 5) is 8.64. The van der Waals surface area contributed by atoms with E-state index in [0.29, 0.717) is 18.0 Å². The molecule has 2 aliphatic rings. The highest BCUT2D eigenvalue weighted by Crippen LogP contribution is 2.34. The molecular weight excluding hydrogens is 278 g/mol. The third-order valence-corrected chi connectivity index (χ3v) is 4.71. The van der Waals surface area contributed by atoms with Crippen LogP contribution in [0.15, 0.2) is 12.4 Å². The molecule has 22 heavy (non-hydrogen) atoms. The molecule has 0 spiro atoms. The molecular formula is C16H27N5O. The molecule has 0 amide bonds. The first-order valence-corrected chi connectivity index (χ1v) is 8.13. The number of nitrogens with two attached hydrogens (primary N) is 1. The van der Waals surface area contributed by atoms with Crippen LogP contribution in [0.25, 0.3) is 0 Å². The van der Waals surface area contributed by atoms with Crippen LogP contribution in [-0.2, 0) is 11.3 Å². The van der Waals surface area contributed by atoms with Gasteiger partial charge in [-0.15, -0.1) is 0 Å². The van der Waals surface area contributed by atoms with Crippen molar-refractivity contribution in [2.75, 3.05) is 26.3 Å². The number of hydrogen-bond acceptors (Lipinski definition) is 6. The topological polar surface area (TPSA) is 85.1 Å². The second-order valence-electron chi connectivity index (χ2n) is 6.99. The third-order valence-electron chi connectivity index (χ3n) is 4.71. The minimum Gasteiger partial charge on any atom is -0.380 e. The Kier molecular flexibility index (Phi) is 4.73. The van der Waals surface area contributed by atoms with E-state index in [0.717, 1.165) is 44.2 Å². The summed E-state index contributed by atoms with van der Waals surface area (Å²) in [6.07, 6.45) is 4.85. The van der Waals surface area contributed by atoms with Gasteiger partial charge < -0.3 is 21.1 Å². The van der Waals surface area contributed by atoms with Gasteiger partial charge in [0, 0.05) is 49.5 Å². The van der Waals surface area contributed by atoms with Crippen LogP contribution in [0.1, 0.15) is 24.7 Å². The van der Waals surface area contributed by atoms with Crippen LogP contribution in [0.2, 0.25) is 0 Å². The van der Waals surface area contributed by atoms with Gasteiger partial charge in [-0.05, 0) is 26.2 Å². The van der Waals surface area contributed by atoms with Crippen molar-refractivity contribution in [3.63, 3.8) is 0 Å². The van der Waals surface area contributed by atoms with Gasteiger partial charge in [0.15, 0.2) is 0 Å². The summed E-state index contributed by atoms with van der Waals surface area (Å²) in [7, 11) is 0. The number of rotatable bonds is 8. The quantitative estimate of drug-likeness (QED) is 0.637. The molecule has 1 aliphatic heterocycles. The zero-order valence-corrected chi connectivity index (χ0v) is 13.5. The molecule has 0 radical (unpaired) electrons. The van der Waals surface area contributed by atoms with Crippen LogP contribution in [0, 0.1) is 18.3 Å². The summed E-state index contributed by atoms with van der Waals surface area (Å²) in [5.41, 5.74) is 8.08. The number of aryl methyl sites for hydroxylation is 1. The SMILES string of the molecule is Cc1cnc(CNCC2(CNC3CC3[C@@H](C)N)COC2)cn1. The van der Waals surface area contributed by atoms with Crippen molar-refractivity contribution >= 4 is 0 Å². The molecule has 1 aromatic rings. The lowest BCUT2D eigenvalue weighted by Gasteiger charge is -2.42. The molecule has 6 nitrogen and oxygen atoms in total. The highest BCUT2D eigenvalue weighted by Gasteiger charge is 2.43. The monoisotopic (exact) mass is 305 g/mol. The van der Waals surface area contributed by atoms with Crippen molar-refractivity contribution in [3.8, 4) is 0 Å². The number of ether oxygens (including phenoxy) is 1. The summed E-state index contributed by atoms with van der Waals surface area (Å²) in [5, 5.41) is 7.15. The van der Waals surface area contributed by atoms with E-state index >= 15 is 0 Å². The van der Waals surface area contributed by atoms with Gasteiger partial charge in [-0.1, -0.05) is 0 Å². The normalized spacial score (nSPS) is 27.2. The summed E-state index contributed by atoms with van der Waals surface area (Å²) < 4.78 is 5.45. The summed E-state index contributed by atoms with van der Waals surface area (Å²) >= 11 is 0. The fourth-order valence-electron chi connectivity index (χ4n) is 3.00. The average Bonchev–Trinajstić information content (AvgIpc) is 3.23. The lowest BCUT2D eigenvalue weighted by atomic mass is 9.85. The Labute approximate surface area is 132 Å². The second-order valence-corrected chi connectivity index (χ2v) is 6.99. The van der Waals surface area contributed by atoms with E-state index in [1.165, 1.54) is 6.42 Å². The molecule has 4 N–H and O–H groups in total. The lowest BCUT2D eigenvalue weighted by molar-refractivity contribution is -0.109. The molecule has 1 saturated carbocycles. The molecule has 1 saturated heterocycles. The van der Waals surface area contributed by atoms with E-state index in [9.17, 15) is 0 Å². The van der Waals surface area contributed by atoms with Crippen LogP contribution < -0.4 is 16.4 Å². The molecule has 1 aliphatic carbocycles. The highest BCUT2D eigenvalue weighted by atomic mass is 16.5. The van der Waals surface area contributed by atoms with Crippen molar-refractivity contribution in [2.45, 2.75) is 38.9 Å². The first kappa shape index (κ1) is 15.8. The molecule has 2 heterocycles. The first-order chi connectivity index (χ1) is 10.6. The highest BCUT2D eigenvalue weighted by molar-refractivity contribution is 5.02. The average molecular weight is 305 g/mol. The van der Waals surface area contributed by atoms with Gasteiger partial charge in [-0.2, -0.15) is 0 Å². The molecule has 2 fully saturated rings. The maximum atomic E-state index is 5.94. The smallest absolute Gasteiger partial charge is 0.0724 e. The number of nitrogens with one attached hydrogen (secondary N) is 2. The van der Waals surface area contributed by atoms with Crippen molar-refractivity contribution < 1.29 is 4.74 Å². The predicted octanol–water partition coefficient (Wildman–Crippen LogP) is 0.217. The van der Waals surface area contributed by atoms with Gasteiger partial charge in [-0.3, -0.25) is 9.97 Å². The van der Waals surface area contributed by atoms with Gasteiger partial charge in [0.1, 0.15) is 0 Å². The first-order valence-electron chi connectivity index (χ1n) is 8.13. The van der Waals surface area contributed by atoms with E-state index in [4.69, 9.17) is 10.5 Å². The molecule has 6 heteroatoms. The predicted molar refractivity (Wildman–Crippen MR) is 85.3 cm³/mol. The minimum absolute atomic E-state index is 0.211. The van der Waals surface area contributed by atoms with Gasteiger partial charge >= 0.3 is 0 Å². The fourth-order valence-corrected chi connectivity index (χ4v) is 3.00. The zero-order valence-electron chi connectivity index (χ0n) is 13.5. The Morgan fingerprint density at radius 1 is 1.36 bits per heavy atom. The van der Waals surface area contributed by atoms with Gasteiger partial charge in [-0.25, -0.2) is 0 Å². The Morgan fingerprint density at radius 2 is 2.18 bits per heavy atom.